The molecule has 1 nitrogen and oxygen atoms in total. The van der Waals surface area contributed by atoms with Gasteiger partial charge in [-0.05, 0) is 37.0 Å². The fourth-order valence-electron chi connectivity index (χ4n) is 1.87. The van der Waals surface area contributed by atoms with Crippen molar-refractivity contribution in [3.05, 3.63) is 34.4 Å². The molecule has 1 heterocycles. The molecule has 0 fully saturated rings. The summed E-state index contributed by atoms with van der Waals surface area (Å²) in [6, 6.07) is 4.51. The van der Waals surface area contributed by atoms with E-state index < -0.39 is 0 Å². The van der Waals surface area contributed by atoms with Gasteiger partial charge in [0.15, 0.2) is 0 Å². The molecule has 0 saturated heterocycles. The molecule has 2 rings (SSSR count). The van der Waals surface area contributed by atoms with E-state index in [-0.39, 0.29) is 0 Å². The second-order valence-corrected chi connectivity index (χ2v) is 3.52. The molecule has 1 aromatic rings. The zero-order valence-electron chi connectivity index (χ0n) is 9.68. The van der Waals surface area contributed by atoms with Crippen molar-refractivity contribution in [1.29, 1.82) is 0 Å². The zero-order chi connectivity index (χ0) is 10.6. The molecule has 1 aromatic carbocycles. The van der Waals surface area contributed by atoms with Gasteiger partial charge in [-0.25, -0.2) is 0 Å². The van der Waals surface area contributed by atoms with Gasteiger partial charge < -0.3 is 4.74 Å². The van der Waals surface area contributed by atoms with Crippen molar-refractivity contribution in [3.8, 4) is 0 Å². The van der Waals surface area contributed by atoms with E-state index >= 15 is 0 Å². The van der Waals surface area contributed by atoms with Crippen molar-refractivity contribution in [3.63, 3.8) is 0 Å². The highest BCUT2D eigenvalue weighted by atomic mass is 16.5. The lowest BCUT2D eigenvalue weighted by molar-refractivity contribution is 0.110. The molecule has 1 heteroatoms. The summed E-state index contributed by atoms with van der Waals surface area (Å²) in [4.78, 5) is 0. The minimum Gasteiger partial charge on any atom is -0.376 e. The monoisotopic (exact) mass is 192 g/mol. The van der Waals surface area contributed by atoms with E-state index in [0.29, 0.717) is 0 Å². The van der Waals surface area contributed by atoms with Crippen molar-refractivity contribution in [1.82, 2.24) is 0 Å². The highest BCUT2D eigenvalue weighted by molar-refractivity contribution is 5.38. The maximum Gasteiger partial charge on any atom is 0.0722 e. The van der Waals surface area contributed by atoms with Crippen LogP contribution in [0.4, 0.5) is 0 Å². The predicted molar refractivity (Wildman–Crippen MR) is 60.6 cm³/mol. The van der Waals surface area contributed by atoms with Crippen LogP contribution in [0.5, 0.6) is 0 Å². The van der Waals surface area contributed by atoms with Gasteiger partial charge in [-0.15, -0.1) is 0 Å². The largest absolute Gasteiger partial charge is 0.376 e. The van der Waals surface area contributed by atoms with E-state index in [1.54, 1.807) is 0 Å². The molecule has 0 aromatic heterocycles. The average molecular weight is 192 g/mol. The average Bonchev–Trinajstić information content (AvgIpc) is 2.20. The first-order chi connectivity index (χ1) is 6.77. The van der Waals surface area contributed by atoms with Crippen LogP contribution in [-0.2, 0) is 17.8 Å². The minimum absolute atomic E-state index is 0.807. The first-order valence-corrected chi connectivity index (χ1v) is 5.44. The van der Waals surface area contributed by atoms with Gasteiger partial charge in [0.05, 0.1) is 13.2 Å². The zero-order valence-corrected chi connectivity index (χ0v) is 9.68. The van der Waals surface area contributed by atoms with Crippen LogP contribution in [-0.4, -0.2) is 6.61 Å². The van der Waals surface area contributed by atoms with Gasteiger partial charge in [-0.3, -0.25) is 0 Å². The van der Waals surface area contributed by atoms with E-state index in [1.807, 2.05) is 13.8 Å². The van der Waals surface area contributed by atoms with Crippen LogP contribution in [0.1, 0.15) is 36.1 Å². The van der Waals surface area contributed by atoms with Crippen LogP contribution in [0.15, 0.2) is 12.1 Å². The van der Waals surface area contributed by atoms with Crippen molar-refractivity contribution in [2.75, 3.05) is 6.61 Å². The molecule has 78 valence electrons. The second kappa shape index (κ2) is 5.16. The fraction of sp³-hybridized carbons (Fsp3) is 0.538. The molecular formula is C13H20O. The van der Waals surface area contributed by atoms with Gasteiger partial charge in [0.1, 0.15) is 0 Å². The third kappa shape index (κ3) is 2.36. The Morgan fingerprint density at radius 1 is 1.14 bits per heavy atom. The van der Waals surface area contributed by atoms with Gasteiger partial charge >= 0.3 is 0 Å². The molecule has 0 spiro atoms. The van der Waals surface area contributed by atoms with Crippen LogP contribution < -0.4 is 0 Å². The topological polar surface area (TPSA) is 9.23 Å². The Balaban J connectivity index is 0.000000461. The van der Waals surface area contributed by atoms with Crippen LogP contribution in [0.3, 0.4) is 0 Å². The maximum atomic E-state index is 5.42. The molecule has 0 N–H and O–H groups in total. The van der Waals surface area contributed by atoms with E-state index in [9.17, 15) is 0 Å². The Hall–Kier alpha value is -0.820. The van der Waals surface area contributed by atoms with Gasteiger partial charge in [0.2, 0.25) is 0 Å². The lowest BCUT2D eigenvalue weighted by Gasteiger charge is -2.19. The third-order valence-corrected chi connectivity index (χ3v) is 2.47. The van der Waals surface area contributed by atoms with Crippen molar-refractivity contribution >= 4 is 0 Å². The standard InChI is InChI=1S/C11H14O.C2H6/c1-8-5-9(2)11-7-12-4-3-10(11)6-8;1-2/h5-6H,3-4,7H2,1-2H3;1-2H3. The molecule has 14 heavy (non-hydrogen) atoms. The Kier molecular flexibility index (Phi) is 4.15. The molecule has 0 atom stereocenters. The van der Waals surface area contributed by atoms with Crippen LogP contribution >= 0.6 is 0 Å². The second-order valence-electron chi connectivity index (χ2n) is 3.52. The van der Waals surface area contributed by atoms with Crippen molar-refractivity contribution in [2.24, 2.45) is 0 Å². The molecule has 0 unspecified atom stereocenters. The summed E-state index contributed by atoms with van der Waals surface area (Å²) in [5.74, 6) is 0. The molecule has 1 aliphatic heterocycles. The molecular weight excluding hydrogens is 172 g/mol. The molecule has 0 saturated carbocycles. The normalized spacial score (nSPS) is 14.0. The van der Waals surface area contributed by atoms with E-state index in [0.717, 1.165) is 19.6 Å². The molecule has 1 aliphatic rings. The van der Waals surface area contributed by atoms with Gasteiger partial charge in [0.25, 0.3) is 0 Å². The van der Waals surface area contributed by atoms with Crippen LogP contribution in [0.2, 0.25) is 0 Å². The van der Waals surface area contributed by atoms with E-state index in [1.165, 1.54) is 22.3 Å². The highest BCUT2D eigenvalue weighted by Gasteiger charge is 2.11. The summed E-state index contributed by atoms with van der Waals surface area (Å²) in [6.07, 6.45) is 1.08. The number of ether oxygens (including phenoxy) is 1. The first-order valence-electron chi connectivity index (χ1n) is 5.44. The molecule has 0 radical (unpaired) electrons. The maximum absolute atomic E-state index is 5.42. The lowest BCUT2D eigenvalue weighted by Crippen LogP contribution is -2.11. The molecule has 0 aliphatic carbocycles. The predicted octanol–water partition coefficient (Wildman–Crippen LogP) is 3.40. The minimum atomic E-state index is 0.807. The van der Waals surface area contributed by atoms with Crippen molar-refractivity contribution < 1.29 is 4.74 Å². The molecule has 0 bridgehead atoms. The number of hydrogen-bond acceptors (Lipinski definition) is 1. The Labute approximate surface area is 87.1 Å². The first kappa shape index (κ1) is 11.3. The Morgan fingerprint density at radius 2 is 1.86 bits per heavy atom. The van der Waals surface area contributed by atoms with Crippen LogP contribution in [0, 0.1) is 13.8 Å². The quantitative estimate of drug-likeness (QED) is 0.612. The Morgan fingerprint density at radius 3 is 2.57 bits per heavy atom. The Bertz CT molecular complexity index is 302. The smallest absolute Gasteiger partial charge is 0.0722 e. The fourth-order valence-corrected chi connectivity index (χ4v) is 1.87. The summed E-state index contributed by atoms with van der Waals surface area (Å²) in [5.41, 5.74) is 5.64. The number of fused-ring (bicyclic) bond motifs is 1. The number of benzene rings is 1. The summed E-state index contributed by atoms with van der Waals surface area (Å²) >= 11 is 0. The van der Waals surface area contributed by atoms with E-state index in [2.05, 4.69) is 26.0 Å². The lowest BCUT2D eigenvalue weighted by atomic mass is 9.96. The highest BCUT2D eigenvalue weighted by Crippen LogP contribution is 2.21. The summed E-state index contributed by atoms with van der Waals surface area (Å²) < 4.78 is 5.42. The van der Waals surface area contributed by atoms with Crippen molar-refractivity contribution in [2.45, 2.75) is 40.7 Å². The van der Waals surface area contributed by atoms with E-state index in [4.69, 9.17) is 4.74 Å². The van der Waals surface area contributed by atoms with Gasteiger partial charge in [-0.2, -0.15) is 0 Å². The summed E-state index contributed by atoms with van der Waals surface area (Å²) in [5, 5.41) is 0. The summed E-state index contributed by atoms with van der Waals surface area (Å²) in [7, 11) is 0. The van der Waals surface area contributed by atoms with Gasteiger partial charge in [-0.1, -0.05) is 31.5 Å². The molecule has 0 amide bonds. The number of rotatable bonds is 0. The number of aryl methyl sites for hydroxylation is 2. The SMILES string of the molecule is CC.Cc1cc(C)c2c(c1)CCOC2. The summed E-state index contributed by atoms with van der Waals surface area (Å²) in [6.45, 7) is 10.0. The van der Waals surface area contributed by atoms with Crippen LogP contribution in [0.25, 0.3) is 0 Å². The number of hydrogen-bond donors (Lipinski definition) is 0. The third-order valence-electron chi connectivity index (χ3n) is 2.47. The van der Waals surface area contributed by atoms with Gasteiger partial charge in [0, 0.05) is 0 Å².